The van der Waals surface area contributed by atoms with Crippen LogP contribution >= 0.6 is 0 Å². The number of nitrogens with one attached hydrogen (secondary N) is 1. The van der Waals surface area contributed by atoms with Crippen molar-refractivity contribution in [3.8, 4) is 11.5 Å². The van der Waals surface area contributed by atoms with Gasteiger partial charge >= 0.3 is 0 Å². The van der Waals surface area contributed by atoms with Crippen LogP contribution in [0.3, 0.4) is 0 Å². The average Bonchev–Trinajstić information content (AvgIpc) is 2.58. The molecule has 1 amide bonds. The lowest BCUT2D eigenvalue weighted by atomic mass is 9.86. The third-order valence-electron chi connectivity index (χ3n) is 4.66. The number of ether oxygens (including phenoxy) is 1. The molecule has 3 rings (SSSR count). The fourth-order valence-electron chi connectivity index (χ4n) is 3.06. The van der Waals surface area contributed by atoms with Gasteiger partial charge in [-0.05, 0) is 24.0 Å². The van der Waals surface area contributed by atoms with Gasteiger partial charge in [0.1, 0.15) is 11.5 Å². The zero-order valence-electron chi connectivity index (χ0n) is 15.0. The van der Waals surface area contributed by atoms with Crippen LogP contribution in [0.1, 0.15) is 44.2 Å². The van der Waals surface area contributed by atoms with E-state index in [4.69, 9.17) is 4.74 Å². The molecule has 2 N–H and O–H groups in total. The summed E-state index contributed by atoms with van der Waals surface area (Å²) in [5.41, 5.74) is 1.55. The van der Waals surface area contributed by atoms with E-state index in [1.54, 1.807) is 0 Å². The molecule has 2 aromatic rings. The van der Waals surface area contributed by atoms with Crippen molar-refractivity contribution in [1.82, 2.24) is 5.32 Å². The van der Waals surface area contributed by atoms with E-state index in [1.807, 2.05) is 69.3 Å². The van der Waals surface area contributed by atoms with E-state index in [9.17, 15) is 9.90 Å². The van der Waals surface area contributed by atoms with Gasteiger partial charge in [0, 0.05) is 17.7 Å². The molecular weight excluding hydrogens is 314 g/mol. The van der Waals surface area contributed by atoms with E-state index in [2.05, 4.69) is 5.32 Å². The number of rotatable bonds is 4. The summed E-state index contributed by atoms with van der Waals surface area (Å²) in [4.78, 5) is 12.9. The standard InChI is InChI=1S/C21H25NO3/c1-21(2,3)18(23)12-13-22-20(24)19-14-8-4-6-10-16(14)25-17-11-7-5-9-15(17)19/h4-11,18-19,23H,12-13H2,1-3H3,(H,22,24). The monoisotopic (exact) mass is 339 g/mol. The number of aliphatic hydroxyl groups excluding tert-OH is 1. The maximum absolute atomic E-state index is 12.9. The van der Waals surface area contributed by atoms with Crippen LogP contribution in [-0.4, -0.2) is 23.7 Å². The maximum Gasteiger partial charge on any atom is 0.232 e. The van der Waals surface area contributed by atoms with Crippen molar-refractivity contribution < 1.29 is 14.6 Å². The zero-order chi connectivity index (χ0) is 18.0. The summed E-state index contributed by atoms with van der Waals surface area (Å²) in [6, 6.07) is 15.3. The van der Waals surface area contributed by atoms with Gasteiger partial charge in [0.05, 0.1) is 12.0 Å². The third kappa shape index (κ3) is 3.69. The van der Waals surface area contributed by atoms with Crippen LogP contribution in [0, 0.1) is 5.41 Å². The number of para-hydroxylation sites is 2. The first-order valence-electron chi connectivity index (χ1n) is 8.69. The summed E-state index contributed by atoms with van der Waals surface area (Å²) in [6.45, 7) is 6.42. The molecule has 0 fully saturated rings. The first-order valence-corrected chi connectivity index (χ1v) is 8.69. The second kappa shape index (κ2) is 6.89. The fraction of sp³-hybridized carbons (Fsp3) is 0.381. The van der Waals surface area contributed by atoms with Crippen molar-refractivity contribution in [2.45, 2.75) is 39.2 Å². The van der Waals surface area contributed by atoms with E-state index in [1.165, 1.54) is 0 Å². The molecule has 0 aliphatic carbocycles. The Kier molecular flexibility index (Phi) is 4.82. The molecule has 0 radical (unpaired) electrons. The van der Waals surface area contributed by atoms with Crippen LogP contribution in [0.15, 0.2) is 48.5 Å². The Morgan fingerprint density at radius 2 is 1.60 bits per heavy atom. The molecule has 0 saturated carbocycles. The molecule has 4 heteroatoms. The Morgan fingerprint density at radius 3 is 2.12 bits per heavy atom. The van der Waals surface area contributed by atoms with E-state index in [0.29, 0.717) is 13.0 Å². The largest absolute Gasteiger partial charge is 0.457 e. The van der Waals surface area contributed by atoms with E-state index in [0.717, 1.165) is 22.6 Å². The smallest absolute Gasteiger partial charge is 0.232 e. The molecule has 1 atom stereocenters. The van der Waals surface area contributed by atoms with E-state index < -0.39 is 12.0 Å². The SMILES string of the molecule is CC(C)(C)C(O)CCNC(=O)C1c2ccccc2Oc2ccccc21. The van der Waals surface area contributed by atoms with Gasteiger partial charge in [0.15, 0.2) is 0 Å². The number of carbonyl (C=O) groups is 1. The van der Waals surface area contributed by atoms with Crippen LogP contribution in [0.4, 0.5) is 0 Å². The Morgan fingerprint density at radius 1 is 1.08 bits per heavy atom. The molecule has 0 saturated heterocycles. The Balaban J connectivity index is 1.78. The van der Waals surface area contributed by atoms with Gasteiger partial charge in [-0.15, -0.1) is 0 Å². The lowest BCUT2D eigenvalue weighted by molar-refractivity contribution is -0.122. The van der Waals surface area contributed by atoms with E-state index in [-0.39, 0.29) is 11.3 Å². The first kappa shape index (κ1) is 17.5. The van der Waals surface area contributed by atoms with Gasteiger partial charge < -0.3 is 15.2 Å². The van der Waals surface area contributed by atoms with E-state index >= 15 is 0 Å². The summed E-state index contributed by atoms with van der Waals surface area (Å²) in [6.07, 6.45) is 0.0731. The highest BCUT2D eigenvalue weighted by molar-refractivity contribution is 5.89. The lowest BCUT2D eigenvalue weighted by Gasteiger charge is -2.28. The summed E-state index contributed by atoms with van der Waals surface area (Å²) in [7, 11) is 0. The van der Waals surface area contributed by atoms with Gasteiger partial charge in [0.2, 0.25) is 5.91 Å². The predicted octanol–water partition coefficient (Wildman–Crippen LogP) is 3.84. The third-order valence-corrected chi connectivity index (χ3v) is 4.66. The minimum Gasteiger partial charge on any atom is -0.457 e. The summed E-state index contributed by atoms with van der Waals surface area (Å²) in [5.74, 6) is 0.976. The van der Waals surface area contributed by atoms with Crippen LogP contribution in [0.25, 0.3) is 0 Å². The second-order valence-corrected chi connectivity index (χ2v) is 7.57. The molecular formula is C21H25NO3. The van der Waals surface area contributed by atoms with Gasteiger partial charge in [0.25, 0.3) is 0 Å². The van der Waals surface area contributed by atoms with Crippen molar-refractivity contribution >= 4 is 5.91 Å². The Labute approximate surface area is 148 Å². The number of benzene rings is 2. The molecule has 0 bridgehead atoms. The Bertz CT molecular complexity index is 718. The average molecular weight is 339 g/mol. The van der Waals surface area contributed by atoms with Gasteiger partial charge in [-0.25, -0.2) is 0 Å². The van der Waals surface area contributed by atoms with Crippen molar-refractivity contribution in [1.29, 1.82) is 0 Å². The van der Waals surface area contributed by atoms with Crippen LogP contribution in [-0.2, 0) is 4.79 Å². The fourth-order valence-corrected chi connectivity index (χ4v) is 3.06. The molecule has 0 spiro atoms. The minimum absolute atomic E-state index is 0.0655. The summed E-state index contributed by atoms with van der Waals surface area (Å²) >= 11 is 0. The molecule has 1 aliphatic heterocycles. The molecule has 1 heterocycles. The number of hydrogen-bond donors (Lipinski definition) is 2. The summed E-state index contributed by atoms with van der Waals surface area (Å²) in [5, 5.41) is 13.1. The van der Waals surface area contributed by atoms with Gasteiger partial charge in [-0.1, -0.05) is 57.2 Å². The van der Waals surface area contributed by atoms with Crippen molar-refractivity contribution in [3.63, 3.8) is 0 Å². The Hall–Kier alpha value is -2.33. The zero-order valence-corrected chi connectivity index (χ0v) is 15.0. The van der Waals surface area contributed by atoms with Crippen LogP contribution in [0.2, 0.25) is 0 Å². The molecule has 1 aliphatic rings. The number of hydrogen-bond acceptors (Lipinski definition) is 3. The summed E-state index contributed by atoms with van der Waals surface area (Å²) < 4.78 is 5.93. The van der Waals surface area contributed by atoms with Crippen molar-refractivity contribution in [2.24, 2.45) is 5.41 Å². The highest BCUT2D eigenvalue weighted by Gasteiger charge is 2.32. The highest BCUT2D eigenvalue weighted by Crippen LogP contribution is 2.43. The molecule has 4 nitrogen and oxygen atoms in total. The van der Waals surface area contributed by atoms with Crippen molar-refractivity contribution in [3.05, 3.63) is 59.7 Å². The number of aliphatic hydroxyl groups is 1. The highest BCUT2D eigenvalue weighted by atomic mass is 16.5. The topological polar surface area (TPSA) is 58.6 Å². The number of amides is 1. The second-order valence-electron chi connectivity index (χ2n) is 7.57. The lowest BCUT2D eigenvalue weighted by Crippen LogP contribution is -2.35. The molecule has 25 heavy (non-hydrogen) atoms. The van der Waals surface area contributed by atoms with Gasteiger partial charge in [-0.3, -0.25) is 4.79 Å². The van der Waals surface area contributed by atoms with Crippen LogP contribution < -0.4 is 10.1 Å². The number of fused-ring (bicyclic) bond motifs is 2. The molecule has 0 aromatic heterocycles. The molecule has 132 valence electrons. The molecule has 1 unspecified atom stereocenters. The minimum atomic E-state index is -0.456. The van der Waals surface area contributed by atoms with Crippen molar-refractivity contribution in [2.75, 3.05) is 6.54 Å². The normalized spacial score (nSPS) is 14.9. The molecule has 2 aromatic carbocycles. The first-order chi connectivity index (χ1) is 11.9. The van der Waals surface area contributed by atoms with Crippen LogP contribution in [0.5, 0.6) is 11.5 Å². The predicted molar refractivity (Wildman–Crippen MR) is 97.9 cm³/mol. The maximum atomic E-state index is 12.9. The van der Waals surface area contributed by atoms with Gasteiger partial charge in [-0.2, -0.15) is 0 Å². The quantitative estimate of drug-likeness (QED) is 0.890. The number of carbonyl (C=O) groups excluding carboxylic acids is 1.